The minimum absolute atomic E-state index is 0.116. The highest BCUT2D eigenvalue weighted by Gasteiger charge is 2.11. The third-order valence-electron chi connectivity index (χ3n) is 3.33. The summed E-state index contributed by atoms with van der Waals surface area (Å²) in [5.41, 5.74) is 3.27. The van der Waals surface area contributed by atoms with Gasteiger partial charge < -0.3 is 9.15 Å². The molecule has 1 N–H and O–H groups in total. The van der Waals surface area contributed by atoms with Gasteiger partial charge in [0.1, 0.15) is 23.9 Å². The first kappa shape index (κ1) is 16.7. The van der Waals surface area contributed by atoms with Crippen LogP contribution in [0, 0.1) is 5.82 Å². The van der Waals surface area contributed by atoms with E-state index in [1.807, 2.05) is 30.3 Å². The molecule has 5 nitrogen and oxygen atoms in total. The van der Waals surface area contributed by atoms with Gasteiger partial charge in [0, 0.05) is 0 Å². The zero-order valence-electron chi connectivity index (χ0n) is 13.3. The van der Waals surface area contributed by atoms with Crippen molar-refractivity contribution < 1.29 is 23.2 Å². The van der Waals surface area contributed by atoms with Crippen LogP contribution in [0.2, 0.25) is 0 Å². The van der Waals surface area contributed by atoms with Crippen LogP contribution in [0.5, 0.6) is 5.75 Å². The number of hydrogen-bond donors (Lipinski definition) is 1. The average molecular weight is 341 g/mol. The predicted octanol–water partition coefficient (Wildman–Crippen LogP) is 3.86. The second-order valence-corrected chi connectivity index (χ2v) is 5.21. The maximum absolute atomic E-state index is 12.8. The van der Waals surface area contributed by atoms with Crippen LogP contribution in [0.25, 0.3) is 0 Å². The monoisotopic (exact) mass is 341 g/mol. The number of benzene rings is 2. The highest BCUT2D eigenvalue weighted by molar-refractivity contribution is 5.90. The van der Waals surface area contributed by atoms with E-state index in [0.717, 1.165) is 5.56 Å². The Labute approximate surface area is 143 Å². The molecule has 0 radical (unpaired) electrons. The molecule has 0 aliphatic heterocycles. The molecule has 0 unspecified atom stereocenters. The third-order valence-corrected chi connectivity index (χ3v) is 3.33. The maximum atomic E-state index is 12.8. The molecule has 0 saturated carbocycles. The van der Waals surface area contributed by atoms with E-state index in [1.165, 1.54) is 30.3 Å². The summed E-state index contributed by atoms with van der Waals surface area (Å²) in [6.07, 6.45) is 0. The summed E-state index contributed by atoms with van der Waals surface area (Å²) in [5, 5.41) is 0. The number of carbonyl (C=O) groups excluding carboxylic acids is 1. The number of halogens is 1. The molecule has 0 aliphatic rings. The number of rotatable bonds is 7. The topological polar surface area (TPSA) is 60.7 Å². The van der Waals surface area contributed by atoms with Gasteiger partial charge in [-0.1, -0.05) is 30.3 Å². The molecule has 0 fully saturated rings. The van der Waals surface area contributed by atoms with Crippen LogP contribution in [0.1, 0.15) is 21.9 Å². The molecular weight excluding hydrogens is 325 g/mol. The zero-order valence-corrected chi connectivity index (χ0v) is 13.3. The lowest BCUT2D eigenvalue weighted by atomic mass is 10.2. The largest absolute Gasteiger partial charge is 0.486 e. The number of furan rings is 1. The molecule has 0 bridgehead atoms. The van der Waals surface area contributed by atoms with Crippen LogP contribution >= 0.6 is 0 Å². The van der Waals surface area contributed by atoms with E-state index in [0.29, 0.717) is 11.5 Å². The molecule has 128 valence electrons. The second-order valence-electron chi connectivity index (χ2n) is 5.21. The summed E-state index contributed by atoms with van der Waals surface area (Å²) < 4.78 is 23.7. The SMILES string of the molecule is O=C(NOCc1ccccc1)c1ccc(COc2ccc(F)cc2)o1. The summed E-state index contributed by atoms with van der Waals surface area (Å²) in [6.45, 7) is 0.387. The van der Waals surface area contributed by atoms with Crippen molar-refractivity contribution in [1.82, 2.24) is 5.48 Å². The summed E-state index contributed by atoms with van der Waals surface area (Å²) >= 11 is 0. The molecule has 0 spiro atoms. The van der Waals surface area contributed by atoms with Crippen molar-refractivity contribution in [1.29, 1.82) is 0 Å². The molecule has 25 heavy (non-hydrogen) atoms. The molecule has 1 amide bonds. The lowest BCUT2D eigenvalue weighted by molar-refractivity contribution is 0.0210. The fraction of sp³-hybridized carbons (Fsp3) is 0.105. The number of hydrogen-bond acceptors (Lipinski definition) is 4. The van der Waals surface area contributed by atoms with Crippen LogP contribution in [0.3, 0.4) is 0 Å². The van der Waals surface area contributed by atoms with Gasteiger partial charge in [0.25, 0.3) is 0 Å². The Hall–Kier alpha value is -3.12. The Bertz CT molecular complexity index is 815. The van der Waals surface area contributed by atoms with Gasteiger partial charge in [-0.2, -0.15) is 0 Å². The van der Waals surface area contributed by atoms with Crippen molar-refractivity contribution in [2.45, 2.75) is 13.2 Å². The van der Waals surface area contributed by atoms with Gasteiger partial charge in [-0.05, 0) is 42.0 Å². The van der Waals surface area contributed by atoms with E-state index in [4.69, 9.17) is 14.0 Å². The Kier molecular flexibility index (Phi) is 5.43. The number of ether oxygens (including phenoxy) is 1. The van der Waals surface area contributed by atoms with Crippen molar-refractivity contribution in [3.8, 4) is 5.75 Å². The normalized spacial score (nSPS) is 10.4. The van der Waals surface area contributed by atoms with Crippen molar-refractivity contribution in [2.75, 3.05) is 0 Å². The standard InChI is InChI=1S/C19H16FNO4/c20-15-6-8-16(9-7-15)23-13-17-10-11-18(25-17)19(22)21-24-12-14-4-2-1-3-5-14/h1-11H,12-13H2,(H,21,22). The maximum Gasteiger partial charge on any atom is 0.310 e. The van der Waals surface area contributed by atoms with E-state index in [1.54, 1.807) is 6.07 Å². The molecule has 0 atom stereocenters. The smallest absolute Gasteiger partial charge is 0.310 e. The van der Waals surface area contributed by atoms with Crippen molar-refractivity contribution in [3.05, 3.63) is 89.6 Å². The first-order valence-corrected chi connectivity index (χ1v) is 7.64. The molecule has 1 aromatic heterocycles. The van der Waals surface area contributed by atoms with Gasteiger partial charge >= 0.3 is 5.91 Å². The fourth-order valence-corrected chi connectivity index (χ4v) is 2.07. The molecule has 0 aliphatic carbocycles. The fourth-order valence-electron chi connectivity index (χ4n) is 2.07. The van der Waals surface area contributed by atoms with Crippen LogP contribution in [0.4, 0.5) is 4.39 Å². The quantitative estimate of drug-likeness (QED) is 0.663. The van der Waals surface area contributed by atoms with E-state index in [2.05, 4.69) is 5.48 Å². The van der Waals surface area contributed by atoms with Crippen molar-refractivity contribution in [2.24, 2.45) is 0 Å². The van der Waals surface area contributed by atoms with Gasteiger partial charge in [0.15, 0.2) is 5.76 Å². The number of nitrogens with one attached hydrogen (secondary N) is 1. The minimum Gasteiger partial charge on any atom is -0.486 e. The van der Waals surface area contributed by atoms with Gasteiger partial charge in [0.05, 0.1) is 6.61 Å². The van der Waals surface area contributed by atoms with E-state index < -0.39 is 5.91 Å². The van der Waals surface area contributed by atoms with Crippen LogP contribution in [-0.2, 0) is 18.1 Å². The molecule has 3 aromatic rings. The second kappa shape index (κ2) is 8.12. The van der Waals surface area contributed by atoms with Gasteiger partial charge in [-0.25, -0.2) is 9.87 Å². The number of hydroxylamine groups is 1. The highest BCUT2D eigenvalue weighted by Crippen LogP contribution is 2.15. The molecule has 1 heterocycles. The van der Waals surface area contributed by atoms with Gasteiger partial charge in [-0.3, -0.25) is 9.63 Å². The third kappa shape index (κ3) is 4.92. The van der Waals surface area contributed by atoms with Crippen molar-refractivity contribution in [3.63, 3.8) is 0 Å². The first-order chi connectivity index (χ1) is 12.2. The molecule has 3 rings (SSSR count). The molecule has 6 heteroatoms. The van der Waals surface area contributed by atoms with Crippen LogP contribution < -0.4 is 10.2 Å². The van der Waals surface area contributed by atoms with Gasteiger partial charge in [0.2, 0.25) is 0 Å². The van der Waals surface area contributed by atoms with E-state index >= 15 is 0 Å². The van der Waals surface area contributed by atoms with Crippen molar-refractivity contribution >= 4 is 5.91 Å². The Morgan fingerprint density at radius 1 is 0.960 bits per heavy atom. The van der Waals surface area contributed by atoms with E-state index in [-0.39, 0.29) is 24.8 Å². The Balaban J connectivity index is 1.47. The minimum atomic E-state index is -0.482. The average Bonchev–Trinajstić information content (AvgIpc) is 3.11. The van der Waals surface area contributed by atoms with E-state index in [9.17, 15) is 9.18 Å². The lowest BCUT2D eigenvalue weighted by Gasteiger charge is -2.05. The highest BCUT2D eigenvalue weighted by atomic mass is 19.1. The molecule has 2 aromatic carbocycles. The Morgan fingerprint density at radius 2 is 1.72 bits per heavy atom. The van der Waals surface area contributed by atoms with Gasteiger partial charge in [-0.15, -0.1) is 0 Å². The zero-order chi connectivity index (χ0) is 17.5. The molecule has 0 saturated heterocycles. The summed E-state index contributed by atoms with van der Waals surface area (Å²) in [4.78, 5) is 17.1. The predicted molar refractivity (Wildman–Crippen MR) is 88.1 cm³/mol. The first-order valence-electron chi connectivity index (χ1n) is 7.64. The van der Waals surface area contributed by atoms with Crippen LogP contribution in [0.15, 0.2) is 71.1 Å². The lowest BCUT2D eigenvalue weighted by Crippen LogP contribution is -2.23. The number of amides is 1. The Morgan fingerprint density at radius 3 is 2.48 bits per heavy atom. The summed E-state index contributed by atoms with van der Waals surface area (Å²) in [7, 11) is 0. The summed E-state index contributed by atoms with van der Waals surface area (Å²) in [6, 6.07) is 18.3. The van der Waals surface area contributed by atoms with Crippen LogP contribution in [-0.4, -0.2) is 5.91 Å². The summed E-state index contributed by atoms with van der Waals surface area (Å²) in [5.74, 6) is 0.280. The molecular formula is C19H16FNO4. The number of carbonyl (C=O) groups is 1.